The van der Waals surface area contributed by atoms with E-state index in [1.165, 1.54) is 0 Å². The lowest BCUT2D eigenvalue weighted by atomic mass is 9.72. The predicted molar refractivity (Wildman–Crippen MR) is 62.0 cm³/mol. The Bertz CT molecular complexity index is 517. The quantitative estimate of drug-likeness (QED) is 0.675. The first kappa shape index (κ1) is 11.4. The van der Waals surface area contributed by atoms with E-state index in [4.69, 9.17) is 9.47 Å². The molecule has 2 bridgehead atoms. The lowest BCUT2D eigenvalue weighted by Gasteiger charge is -2.36. The van der Waals surface area contributed by atoms with Gasteiger partial charge in [-0.05, 0) is 19.4 Å². The van der Waals surface area contributed by atoms with Gasteiger partial charge in [0.15, 0.2) is 6.23 Å². The zero-order valence-corrected chi connectivity index (χ0v) is 10.5. The highest BCUT2D eigenvalue weighted by atomic mass is 16.6. The van der Waals surface area contributed by atoms with Crippen molar-refractivity contribution in [3.63, 3.8) is 0 Å². The minimum absolute atomic E-state index is 0.148. The largest absolute Gasteiger partial charge is 0.481 e. The Balaban J connectivity index is 1.86. The molecule has 4 rings (SSSR count). The Hall–Kier alpha value is -1.40. The number of aliphatic carboxylic acids is 1. The predicted octanol–water partition coefficient (Wildman–Crippen LogP) is -0.0105. The minimum atomic E-state index is -0.980. The second kappa shape index (κ2) is 3.19. The van der Waals surface area contributed by atoms with Crippen molar-refractivity contribution in [3.8, 4) is 0 Å². The van der Waals surface area contributed by atoms with E-state index in [0.29, 0.717) is 13.2 Å². The molecule has 0 aromatic carbocycles. The maximum Gasteiger partial charge on any atom is 0.310 e. The number of carboxylic acid groups (broad SMARTS) is 1. The van der Waals surface area contributed by atoms with E-state index in [9.17, 15) is 14.7 Å². The van der Waals surface area contributed by atoms with Crippen molar-refractivity contribution in [2.75, 3.05) is 13.2 Å². The van der Waals surface area contributed by atoms with Gasteiger partial charge in [-0.3, -0.25) is 9.59 Å². The molecule has 0 radical (unpaired) electrons. The average Bonchev–Trinajstić information content (AvgIpc) is 2.94. The molecule has 0 aromatic heterocycles. The van der Waals surface area contributed by atoms with Crippen LogP contribution >= 0.6 is 0 Å². The van der Waals surface area contributed by atoms with Crippen LogP contribution < -0.4 is 0 Å². The maximum atomic E-state index is 12.5. The molecule has 4 heterocycles. The maximum absolute atomic E-state index is 12.5. The summed E-state index contributed by atoms with van der Waals surface area (Å²) in [4.78, 5) is 25.7. The van der Waals surface area contributed by atoms with Crippen molar-refractivity contribution in [1.82, 2.24) is 4.90 Å². The van der Waals surface area contributed by atoms with Crippen molar-refractivity contribution < 1.29 is 24.2 Å². The number of carbonyl (C=O) groups is 2. The molecule has 0 aromatic rings. The lowest BCUT2D eigenvalue weighted by molar-refractivity contribution is -0.179. The van der Waals surface area contributed by atoms with Gasteiger partial charge in [0, 0.05) is 6.54 Å². The van der Waals surface area contributed by atoms with Crippen LogP contribution in [-0.2, 0) is 19.1 Å². The number of fused-ring (bicyclic) bond motifs is 2. The monoisotopic (exact) mass is 265 g/mol. The van der Waals surface area contributed by atoms with Gasteiger partial charge in [0.1, 0.15) is 11.5 Å². The summed E-state index contributed by atoms with van der Waals surface area (Å²) in [5, 5.41) is 9.47. The van der Waals surface area contributed by atoms with Gasteiger partial charge in [-0.15, -0.1) is 0 Å². The summed E-state index contributed by atoms with van der Waals surface area (Å²) in [7, 11) is 0. The molecule has 0 aliphatic carbocycles. The molecule has 6 nitrogen and oxygen atoms in total. The third-order valence-electron chi connectivity index (χ3n) is 4.81. The average molecular weight is 265 g/mol. The topological polar surface area (TPSA) is 76.1 Å². The molecule has 1 amide bonds. The van der Waals surface area contributed by atoms with Crippen LogP contribution in [0.4, 0.5) is 0 Å². The van der Waals surface area contributed by atoms with Gasteiger partial charge in [-0.25, -0.2) is 0 Å². The van der Waals surface area contributed by atoms with Crippen LogP contribution in [0.5, 0.6) is 0 Å². The van der Waals surface area contributed by atoms with Gasteiger partial charge in [0.05, 0.1) is 18.1 Å². The van der Waals surface area contributed by atoms with Crippen molar-refractivity contribution in [1.29, 1.82) is 0 Å². The molecule has 4 aliphatic heterocycles. The van der Waals surface area contributed by atoms with Crippen molar-refractivity contribution >= 4 is 11.9 Å². The molecule has 3 fully saturated rings. The van der Waals surface area contributed by atoms with Gasteiger partial charge >= 0.3 is 5.97 Å². The van der Waals surface area contributed by atoms with Crippen LogP contribution in [0.1, 0.15) is 13.3 Å². The number of carbonyl (C=O) groups excluding carboxylic acids is 1. The Labute approximate surface area is 110 Å². The van der Waals surface area contributed by atoms with E-state index >= 15 is 0 Å². The molecular weight excluding hydrogens is 250 g/mol. The summed E-state index contributed by atoms with van der Waals surface area (Å²) >= 11 is 0. The summed E-state index contributed by atoms with van der Waals surface area (Å²) in [5.74, 6) is -2.63. The van der Waals surface area contributed by atoms with Gasteiger partial charge < -0.3 is 19.5 Å². The fourth-order valence-corrected chi connectivity index (χ4v) is 4.10. The fraction of sp³-hybridized carbons (Fsp3) is 0.692. The van der Waals surface area contributed by atoms with E-state index < -0.39 is 35.2 Å². The van der Waals surface area contributed by atoms with Crippen LogP contribution in [0.15, 0.2) is 12.2 Å². The van der Waals surface area contributed by atoms with Crippen molar-refractivity contribution in [2.24, 2.45) is 11.8 Å². The number of hydrogen-bond donors (Lipinski definition) is 1. The van der Waals surface area contributed by atoms with E-state index in [1.54, 1.807) is 17.9 Å². The van der Waals surface area contributed by atoms with Crippen LogP contribution in [0.3, 0.4) is 0 Å². The Morgan fingerprint density at radius 1 is 1.53 bits per heavy atom. The Morgan fingerprint density at radius 3 is 3.05 bits per heavy atom. The minimum Gasteiger partial charge on any atom is -0.481 e. The molecule has 0 unspecified atom stereocenters. The molecule has 3 saturated heterocycles. The van der Waals surface area contributed by atoms with Crippen molar-refractivity contribution in [2.45, 2.75) is 30.8 Å². The van der Waals surface area contributed by atoms with E-state index in [-0.39, 0.29) is 5.91 Å². The highest BCUT2D eigenvalue weighted by Gasteiger charge is 2.75. The van der Waals surface area contributed by atoms with Gasteiger partial charge in [0.2, 0.25) is 5.91 Å². The number of amides is 1. The smallest absolute Gasteiger partial charge is 0.310 e. The highest BCUT2D eigenvalue weighted by molar-refractivity contribution is 5.91. The molecule has 5 atom stereocenters. The first-order valence-corrected chi connectivity index (χ1v) is 6.55. The van der Waals surface area contributed by atoms with Crippen LogP contribution in [0.25, 0.3) is 0 Å². The molecule has 1 spiro atoms. The lowest BCUT2D eigenvalue weighted by Crippen LogP contribution is -2.50. The summed E-state index contributed by atoms with van der Waals surface area (Å²) in [6.07, 6.45) is 3.92. The summed E-state index contributed by atoms with van der Waals surface area (Å²) in [6, 6.07) is 0. The standard InChI is InChI=1S/C13H15NO5/c1-12-3-4-13(19-12)7(8(12)10(16)17)9(15)14-5-2-6-18-11(13)14/h3-4,7-8,11H,2,5-6H2,1H3,(H,16,17)/t7-,8+,11-,12-,13+/m0/s1. The molecule has 19 heavy (non-hydrogen) atoms. The number of carboxylic acids is 1. The third kappa shape index (κ3) is 1.10. The second-order valence-corrected chi connectivity index (χ2v) is 5.87. The molecule has 4 aliphatic rings. The molecule has 6 heteroatoms. The second-order valence-electron chi connectivity index (χ2n) is 5.87. The summed E-state index contributed by atoms with van der Waals surface area (Å²) in [5.41, 5.74) is -1.81. The highest BCUT2D eigenvalue weighted by Crippen LogP contribution is 2.60. The zero-order valence-electron chi connectivity index (χ0n) is 10.5. The molecule has 0 saturated carbocycles. The van der Waals surface area contributed by atoms with E-state index in [1.807, 2.05) is 6.08 Å². The third-order valence-corrected chi connectivity index (χ3v) is 4.81. The van der Waals surface area contributed by atoms with Crippen LogP contribution in [-0.4, -0.2) is 52.5 Å². The van der Waals surface area contributed by atoms with Gasteiger partial charge in [-0.1, -0.05) is 6.08 Å². The Kier molecular flexibility index (Phi) is 1.92. The molecule has 1 N–H and O–H groups in total. The van der Waals surface area contributed by atoms with Gasteiger partial charge in [-0.2, -0.15) is 0 Å². The molecule has 102 valence electrons. The summed E-state index contributed by atoms with van der Waals surface area (Å²) in [6.45, 7) is 2.92. The number of rotatable bonds is 1. The van der Waals surface area contributed by atoms with E-state index in [2.05, 4.69) is 0 Å². The zero-order chi connectivity index (χ0) is 13.4. The van der Waals surface area contributed by atoms with Crippen molar-refractivity contribution in [3.05, 3.63) is 12.2 Å². The number of hydrogen-bond acceptors (Lipinski definition) is 4. The van der Waals surface area contributed by atoms with Gasteiger partial charge in [0.25, 0.3) is 0 Å². The fourth-order valence-electron chi connectivity index (χ4n) is 4.10. The van der Waals surface area contributed by atoms with Crippen LogP contribution in [0.2, 0.25) is 0 Å². The normalized spacial score (nSPS) is 50.5. The SMILES string of the molecule is C[C@@]12C=C[C@@]3(O1)[C@H](C(=O)N1CCCO[C@H]13)[C@@H]2C(=O)O. The number of ether oxygens (including phenoxy) is 2. The number of nitrogens with zero attached hydrogens (tertiary/aromatic N) is 1. The van der Waals surface area contributed by atoms with Crippen LogP contribution in [0, 0.1) is 11.8 Å². The summed E-state index contributed by atoms with van der Waals surface area (Å²) < 4.78 is 11.7. The van der Waals surface area contributed by atoms with E-state index in [0.717, 1.165) is 6.42 Å². The molecular formula is C13H15NO5. The first-order chi connectivity index (χ1) is 9.00. The first-order valence-electron chi connectivity index (χ1n) is 6.55. The Morgan fingerprint density at radius 2 is 2.32 bits per heavy atom.